The zero-order chi connectivity index (χ0) is 14.8. The summed E-state index contributed by atoms with van der Waals surface area (Å²) in [6.45, 7) is 1.50. The van der Waals surface area contributed by atoms with Gasteiger partial charge >= 0.3 is 0 Å². The van der Waals surface area contributed by atoms with Crippen molar-refractivity contribution >= 4 is 17.7 Å². The molecular weight excluding hydrogens is 282 g/mol. The van der Waals surface area contributed by atoms with Crippen molar-refractivity contribution in [3.8, 4) is 0 Å². The Balaban J connectivity index is 1.54. The van der Waals surface area contributed by atoms with E-state index in [2.05, 4.69) is 44.5 Å². The van der Waals surface area contributed by atoms with Crippen molar-refractivity contribution in [2.24, 2.45) is 10.7 Å². The third-order valence-corrected chi connectivity index (χ3v) is 3.89. The molecule has 0 saturated carbocycles. The number of aromatic nitrogens is 2. The van der Waals surface area contributed by atoms with Crippen LogP contribution in [0.15, 0.2) is 47.8 Å². The van der Waals surface area contributed by atoms with Gasteiger partial charge in [0.2, 0.25) is 0 Å². The van der Waals surface area contributed by atoms with Crippen LogP contribution in [0, 0.1) is 0 Å². The zero-order valence-corrected chi connectivity index (χ0v) is 12.8. The number of nitrogens with two attached hydrogens (primary N) is 1. The van der Waals surface area contributed by atoms with Crippen LogP contribution in [0.3, 0.4) is 0 Å². The van der Waals surface area contributed by atoms with E-state index in [9.17, 15) is 0 Å². The minimum atomic E-state index is 0.509. The molecule has 0 atom stereocenters. The van der Waals surface area contributed by atoms with Crippen LogP contribution in [0.4, 0.5) is 0 Å². The number of rotatable bonds is 8. The monoisotopic (exact) mass is 303 g/mol. The summed E-state index contributed by atoms with van der Waals surface area (Å²) in [5, 5.41) is 3.10. The number of nitrogens with zero attached hydrogens (tertiary/aromatic N) is 2. The molecule has 0 spiro atoms. The van der Waals surface area contributed by atoms with Crippen molar-refractivity contribution < 1.29 is 0 Å². The highest BCUT2D eigenvalue weighted by Crippen LogP contribution is 2.10. The number of thioether (sulfide) groups is 1. The predicted octanol–water partition coefficient (Wildman–Crippen LogP) is 1.79. The Hall–Kier alpha value is -1.95. The van der Waals surface area contributed by atoms with E-state index in [-0.39, 0.29) is 0 Å². The summed E-state index contributed by atoms with van der Waals surface area (Å²) in [5.41, 5.74) is 8.25. The lowest BCUT2D eigenvalue weighted by Crippen LogP contribution is -2.33. The predicted molar refractivity (Wildman–Crippen MR) is 89.4 cm³/mol. The number of guanidine groups is 1. The minimum absolute atomic E-state index is 0.509. The molecule has 0 aliphatic rings. The smallest absolute Gasteiger partial charge is 0.188 e. The molecule has 112 valence electrons. The van der Waals surface area contributed by atoms with E-state index in [1.54, 1.807) is 6.33 Å². The molecule has 0 unspecified atom stereocenters. The Morgan fingerprint density at radius 3 is 2.95 bits per heavy atom. The molecule has 0 aliphatic carbocycles. The fourth-order valence-corrected chi connectivity index (χ4v) is 2.59. The lowest BCUT2D eigenvalue weighted by molar-refractivity contribution is 0.835. The number of H-pyrrole nitrogens is 1. The molecule has 4 N–H and O–H groups in total. The summed E-state index contributed by atoms with van der Waals surface area (Å²) in [7, 11) is 0. The van der Waals surface area contributed by atoms with Crippen LogP contribution in [0.25, 0.3) is 0 Å². The van der Waals surface area contributed by atoms with Gasteiger partial charge in [-0.2, -0.15) is 11.8 Å². The van der Waals surface area contributed by atoms with Crippen LogP contribution in [-0.4, -0.2) is 34.8 Å². The van der Waals surface area contributed by atoms with E-state index in [4.69, 9.17) is 5.73 Å². The first-order valence-electron chi connectivity index (χ1n) is 6.97. The summed E-state index contributed by atoms with van der Waals surface area (Å²) in [6.07, 6.45) is 4.35. The molecule has 0 bridgehead atoms. The summed E-state index contributed by atoms with van der Waals surface area (Å²) in [4.78, 5) is 11.3. The van der Waals surface area contributed by atoms with Crippen molar-refractivity contribution in [3.05, 3.63) is 54.1 Å². The van der Waals surface area contributed by atoms with Crippen LogP contribution in [0.5, 0.6) is 0 Å². The molecule has 1 aromatic heterocycles. The molecule has 1 heterocycles. The quantitative estimate of drug-likeness (QED) is 0.395. The zero-order valence-electron chi connectivity index (χ0n) is 12.0. The molecule has 0 aliphatic heterocycles. The second-order valence-corrected chi connectivity index (χ2v) is 5.66. The molecule has 0 fully saturated rings. The molecule has 2 aromatic rings. The van der Waals surface area contributed by atoms with Crippen molar-refractivity contribution in [2.45, 2.75) is 12.2 Å². The van der Waals surface area contributed by atoms with Gasteiger partial charge in [0.1, 0.15) is 0 Å². The second kappa shape index (κ2) is 9.07. The third-order valence-electron chi connectivity index (χ3n) is 2.88. The van der Waals surface area contributed by atoms with Crippen LogP contribution in [-0.2, 0) is 12.2 Å². The highest BCUT2D eigenvalue weighted by molar-refractivity contribution is 7.98. The first-order chi connectivity index (χ1) is 10.3. The maximum absolute atomic E-state index is 5.81. The number of hydrogen-bond donors (Lipinski definition) is 3. The lowest BCUT2D eigenvalue weighted by atomic mass is 10.2. The van der Waals surface area contributed by atoms with Gasteiger partial charge in [-0.25, -0.2) is 4.98 Å². The molecule has 1 aromatic carbocycles. The van der Waals surface area contributed by atoms with Crippen LogP contribution >= 0.6 is 11.8 Å². The molecule has 2 rings (SSSR count). The Morgan fingerprint density at radius 1 is 1.33 bits per heavy atom. The number of aliphatic imine (C=N–C) groups is 1. The van der Waals surface area contributed by atoms with Gasteiger partial charge in [-0.15, -0.1) is 0 Å². The highest BCUT2D eigenvalue weighted by Gasteiger charge is 1.96. The fourth-order valence-electron chi connectivity index (χ4n) is 1.80. The second-order valence-electron chi connectivity index (χ2n) is 4.56. The van der Waals surface area contributed by atoms with Crippen molar-refractivity contribution in [2.75, 3.05) is 18.8 Å². The lowest BCUT2D eigenvalue weighted by Gasteiger charge is -2.04. The number of benzene rings is 1. The van der Waals surface area contributed by atoms with Crippen LogP contribution < -0.4 is 11.1 Å². The summed E-state index contributed by atoms with van der Waals surface area (Å²) < 4.78 is 0. The van der Waals surface area contributed by atoms with Gasteiger partial charge in [0.05, 0.1) is 12.9 Å². The van der Waals surface area contributed by atoms with Gasteiger partial charge in [0.25, 0.3) is 0 Å². The van der Waals surface area contributed by atoms with Gasteiger partial charge in [-0.1, -0.05) is 30.3 Å². The summed E-state index contributed by atoms with van der Waals surface area (Å²) in [6, 6.07) is 10.4. The van der Waals surface area contributed by atoms with E-state index in [0.29, 0.717) is 5.96 Å². The van der Waals surface area contributed by atoms with E-state index in [1.165, 1.54) is 5.56 Å². The number of nitrogens with one attached hydrogen (secondary N) is 2. The topological polar surface area (TPSA) is 79.1 Å². The molecule has 0 radical (unpaired) electrons. The van der Waals surface area contributed by atoms with E-state index >= 15 is 0 Å². The first kappa shape index (κ1) is 15.4. The number of imidazole rings is 1. The largest absolute Gasteiger partial charge is 0.370 e. The van der Waals surface area contributed by atoms with Crippen molar-refractivity contribution in [3.63, 3.8) is 0 Å². The summed E-state index contributed by atoms with van der Waals surface area (Å²) >= 11 is 1.87. The third kappa shape index (κ3) is 6.35. The van der Waals surface area contributed by atoms with Crippen LogP contribution in [0.2, 0.25) is 0 Å². The van der Waals surface area contributed by atoms with Crippen LogP contribution in [0.1, 0.15) is 11.3 Å². The average molecular weight is 303 g/mol. The molecule has 5 nitrogen and oxygen atoms in total. The number of aromatic amines is 1. The normalized spacial score (nSPS) is 11.5. The van der Waals surface area contributed by atoms with Gasteiger partial charge in [-0.05, 0) is 5.56 Å². The van der Waals surface area contributed by atoms with Gasteiger partial charge in [0.15, 0.2) is 5.96 Å². The summed E-state index contributed by atoms with van der Waals surface area (Å²) in [5.74, 6) is 2.50. The maximum Gasteiger partial charge on any atom is 0.188 e. The van der Waals surface area contributed by atoms with E-state index in [1.807, 2.05) is 24.0 Å². The molecule has 0 amide bonds. The Morgan fingerprint density at radius 2 is 2.19 bits per heavy atom. The van der Waals surface area contributed by atoms with E-state index in [0.717, 1.165) is 36.7 Å². The Labute approximate surface area is 129 Å². The maximum atomic E-state index is 5.81. The molecule has 21 heavy (non-hydrogen) atoms. The minimum Gasteiger partial charge on any atom is -0.370 e. The standard InChI is InChI=1S/C15H21N5S/c16-15(18-7-6-14-10-17-12-20-14)19-8-9-21-11-13-4-2-1-3-5-13/h1-5,10,12H,6-9,11H2,(H,17,20)(H3,16,18,19). The molecular formula is C15H21N5S. The van der Waals surface area contributed by atoms with Gasteiger partial charge < -0.3 is 16.0 Å². The SMILES string of the molecule is NC(=NCCSCc1ccccc1)NCCc1cnc[nH]1. The van der Waals surface area contributed by atoms with E-state index < -0.39 is 0 Å². The van der Waals surface area contributed by atoms with Crippen molar-refractivity contribution in [1.82, 2.24) is 15.3 Å². The molecule has 6 heteroatoms. The number of hydrogen-bond acceptors (Lipinski definition) is 3. The average Bonchev–Trinajstić information content (AvgIpc) is 3.01. The highest BCUT2D eigenvalue weighted by atomic mass is 32.2. The first-order valence-corrected chi connectivity index (χ1v) is 8.13. The van der Waals surface area contributed by atoms with Crippen molar-refractivity contribution in [1.29, 1.82) is 0 Å². The van der Waals surface area contributed by atoms with Gasteiger partial charge in [0, 0.05) is 36.4 Å². The Bertz CT molecular complexity index is 524. The van der Waals surface area contributed by atoms with Gasteiger partial charge in [-0.3, -0.25) is 4.99 Å². The Kier molecular flexibility index (Phi) is 6.67. The molecule has 0 saturated heterocycles. The fraction of sp³-hybridized carbons (Fsp3) is 0.333.